The standard InChI is InChI=1S/C15H13F2N3O3S/c16-15(17)24-13-7-2-1-6-12(13)19-14(21)9-18-10-4-3-5-11(8-10)20(22)23/h1-8,15,18H,9H2,(H,19,21). The maximum absolute atomic E-state index is 12.5. The Hall–Kier alpha value is -2.68. The van der Waals surface area contributed by atoms with Gasteiger partial charge in [-0.3, -0.25) is 14.9 Å². The Balaban J connectivity index is 1.97. The number of non-ortho nitro benzene ring substituents is 1. The lowest BCUT2D eigenvalue weighted by Crippen LogP contribution is -2.22. The molecule has 0 aliphatic heterocycles. The topological polar surface area (TPSA) is 84.3 Å². The van der Waals surface area contributed by atoms with Crippen molar-refractivity contribution in [2.24, 2.45) is 0 Å². The van der Waals surface area contributed by atoms with Gasteiger partial charge in [0.25, 0.3) is 11.4 Å². The van der Waals surface area contributed by atoms with Gasteiger partial charge in [-0.1, -0.05) is 30.0 Å². The molecule has 0 saturated heterocycles. The molecule has 6 nitrogen and oxygen atoms in total. The third kappa shape index (κ3) is 5.20. The summed E-state index contributed by atoms with van der Waals surface area (Å²) in [4.78, 5) is 22.4. The first-order valence-corrected chi connectivity index (χ1v) is 7.65. The summed E-state index contributed by atoms with van der Waals surface area (Å²) in [5, 5.41) is 16.0. The smallest absolute Gasteiger partial charge is 0.288 e. The molecule has 2 N–H and O–H groups in total. The van der Waals surface area contributed by atoms with E-state index in [1.54, 1.807) is 18.2 Å². The van der Waals surface area contributed by atoms with Crippen molar-refractivity contribution in [2.45, 2.75) is 10.7 Å². The van der Waals surface area contributed by atoms with E-state index in [9.17, 15) is 23.7 Å². The highest BCUT2D eigenvalue weighted by molar-refractivity contribution is 7.99. The number of anilines is 2. The van der Waals surface area contributed by atoms with Crippen LogP contribution in [0, 0.1) is 10.1 Å². The molecule has 0 fully saturated rings. The van der Waals surface area contributed by atoms with Crippen LogP contribution in [0.4, 0.5) is 25.8 Å². The van der Waals surface area contributed by atoms with Crippen LogP contribution in [-0.2, 0) is 4.79 Å². The predicted molar refractivity (Wildman–Crippen MR) is 88.5 cm³/mol. The van der Waals surface area contributed by atoms with Crippen LogP contribution in [0.3, 0.4) is 0 Å². The highest BCUT2D eigenvalue weighted by Crippen LogP contribution is 2.31. The van der Waals surface area contributed by atoms with E-state index >= 15 is 0 Å². The molecule has 0 atom stereocenters. The van der Waals surface area contributed by atoms with E-state index in [4.69, 9.17) is 0 Å². The number of para-hydroxylation sites is 1. The number of amides is 1. The molecule has 2 rings (SSSR count). The van der Waals surface area contributed by atoms with Crippen molar-refractivity contribution in [3.63, 3.8) is 0 Å². The van der Waals surface area contributed by atoms with Gasteiger partial charge in [0.15, 0.2) is 0 Å². The largest absolute Gasteiger partial charge is 0.376 e. The van der Waals surface area contributed by atoms with Crippen molar-refractivity contribution in [1.29, 1.82) is 0 Å². The van der Waals surface area contributed by atoms with Crippen molar-refractivity contribution in [1.82, 2.24) is 0 Å². The molecule has 0 heterocycles. The molecular formula is C15H13F2N3O3S. The van der Waals surface area contributed by atoms with E-state index in [-0.39, 0.29) is 22.8 Å². The number of nitro benzene ring substituents is 1. The van der Waals surface area contributed by atoms with Gasteiger partial charge in [0.2, 0.25) is 5.91 Å². The second-order valence-corrected chi connectivity index (χ2v) is 5.62. The number of alkyl halides is 2. The Morgan fingerprint density at radius 2 is 1.96 bits per heavy atom. The molecule has 1 amide bonds. The van der Waals surface area contributed by atoms with E-state index in [0.717, 1.165) is 0 Å². The minimum atomic E-state index is -2.59. The zero-order chi connectivity index (χ0) is 17.5. The molecule has 2 aromatic rings. The molecular weight excluding hydrogens is 340 g/mol. The van der Waals surface area contributed by atoms with Crippen LogP contribution in [0.2, 0.25) is 0 Å². The lowest BCUT2D eigenvalue weighted by Gasteiger charge is -2.11. The fourth-order valence-corrected chi connectivity index (χ4v) is 2.47. The molecule has 0 unspecified atom stereocenters. The average Bonchev–Trinajstić information content (AvgIpc) is 2.54. The summed E-state index contributed by atoms with van der Waals surface area (Å²) in [5.41, 5.74) is 0.599. The van der Waals surface area contributed by atoms with Gasteiger partial charge in [0.1, 0.15) is 0 Å². The van der Waals surface area contributed by atoms with Gasteiger partial charge in [-0.25, -0.2) is 0 Å². The minimum absolute atomic E-state index is 0.0981. The van der Waals surface area contributed by atoms with Crippen LogP contribution in [-0.4, -0.2) is 23.1 Å². The first-order valence-electron chi connectivity index (χ1n) is 6.77. The maximum Gasteiger partial charge on any atom is 0.288 e. The van der Waals surface area contributed by atoms with Gasteiger partial charge in [-0.05, 0) is 18.2 Å². The highest BCUT2D eigenvalue weighted by atomic mass is 32.2. The minimum Gasteiger partial charge on any atom is -0.376 e. The second-order valence-electron chi connectivity index (χ2n) is 4.58. The number of hydrogen-bond donors (Lipinski definition) is 2. The first-order chi connectivity index (χ1) is 11.5. The summed E-state index contributed by atoms with van der Waals surface area (Å²) < 4.78 is 25.0. The number of halogens is 2. The van der Waals surface area contributed by atoms with Crippen molar-refractivity contribution < 1.29 is 18.5 Å². The van der Waals surface area contributed by atoms with E-state index in [0.29, 0.717) is 17.4 Å². The van der Waals surface area contributed by atoms with E-state index in [2.05, 4.69) is 10.6 Å². The summed E-state index contributed by atoms with van der Waals surface area (Å²) >= 11 is 0.343. The van der Waals surface area contributed by atoms with Crippen LogP contribution >= 0.6 is 11.8 Å². The Morgan fingerprint density at radius 1 is 1.21 bits per heavy atom. The van der Waals surface area contributed by atoms with Crippen LogP contribution in [0.25, 0.3) is 0 Å². The second kappa shape index (κ2) is 8.25. The highest BCUT2D eigenvalue weighted by Gasteiger charge is 2.12. The Labute approximate surface area is 140 Å². The molecule has 0 saturated carbocycles. The molecule has 0 spiro atoms. The van der Waals surface area contributed by atoms with Crippen molar-refractivity contribution >= 4 is 34.7 Å². The van der Waals surface area contributed by atoms with Gasteiger partial charge >= 0.3 is 0 Å². The fraction of sp³-hybridized carbons (Fsp3) is 0.133. The summed E-state index contributed by atoms with van der Waals surface area (Å²) in [6.07, 6.45) is 0. The third-order valence-electron chi connectivity index (χ3n) is 2.89. The fourth-order valence-electron chi connectivity index (χ4n) is 1.87. The van der Waals surface area contributed by atoms with Crippen molar-refractivity contribution in [3.8, 4) is 0 Å². The first kappa shape index (κ1) is 17.7. The zero-order valence-electron chi connectivity index (χ0n) is 12.2. The molecule has 0 aliphatic carbocycles. The van der Waals surface area contributed by atoms with E-state index in [1.165, 1.54) is 30.3 Å². The Kier molecular flexibility index (Phi) is 6.07. The lowest BCUT2D eigenvalue weighted by molar-refractivity contribution is -0.384. The molecule has 0 radical (unpaired) electrons. The SMILES string of the molecule is O=C(CNc1cccc([N+](=O)[O-])c1)Nc1ccccc1SC(F)F. The van der Waals surface area contributed by atoms with E-state index in [1.807, 2.05) is 0 Å². The number of nitrogens with zero attached hydrogens (tertiary/aromatic N) is 1. The number of hydrogen-bond acceptors (Lipinski definition) is 5. The maximum atomic E-state index is 12.5. The van der Waals surface area contributed by atoms with E-state index < -0.39 is 16.6 Å². The number of rotatable bonds is 7. The number of carbonyl (C=O) groups excluding carboxylic acids is 1. The lowest BCUT2D eigenvalue weighted by atomic mass is 10.3. The quantitative estimate of drug-likeness (QED) is 0.447. The van der Waals surface area contributed by atoms with Crippen LogP contribution in [0.15, 0.2) is 53.4 Å². The number of benzene rings is 2. The van der Waals surface area contributed by atoms with Gasteiger partial charge < -0.3 is 10.6 Å². The monoisotopic (exact) mass is 353 g/mol. The van der Waals surface area contributed by atoms with Crippen LogP contribution in [0.1, 0.15) is 0 Å². The van der Waals surface area contributed by atoms with Crippen molar-refractivity contribution in [2.75, 3.05) is 17.2 Å². The molecule has 0 aromatic heterocycles. The summed E-state index contributed by atoms with van der Waals surface area (Å²) in [5.74, 6) is -3.05. The van der Waals surface area contributed by atoms with Gasteiger partial charge in [0, 0.05) is 22.7 Å². The molecule has 0 bridgehead atoms. The average molecular weight is 353 g/mol. The summed E-state index contributed by atoms with van der Waals surface area (Å²) in [6.45, 7) is -0.158. The summed E-state index contributed by atoms with van der Waals surface area (Å²) in [7, 11) is 0. The number of nitrogens with one attached hydrogen (secondary N) is 2. The van der Waals surface area contributed by atoms with Crippen molar-refractivity contribution in [3.05, 3.63) is 58.6 Å². The number of nitro groups is 1. The molecule has 9 heteroatoms. The third-order valence-corrected chi connectivity index (χ3v) is 3.68. The van der Waals surface area contributed by atoms with Gasteiger partial charge in [-0.2, -0.15) is 8.78 Å². The Morgan fingerprint density at radius 3 is 2.67 bits per heavy atom. The molecule has 24 heavy (non-hydrogen) atoms. The number of thioether (sulfide) groups is 1. The number of carbonyl (C=O) groups is 1. The van der Waals surface area contributed by atoms with Gasteiger partial charge in [0.05, 0.1) is 17.2 Å². The van der Waals surface area contributed by atoms with Crippen LogP contribution in [0.5, 0.6) is 0 Å². The van der Waals surface area contributed by atoms with Gasteiger partial charge in [-0.15, -0.1) is 0 Å². The molecule has 126 valence electrons. The normalized spacial score (nSPS) is 10.5. The Bertz CT molecular complexity index is 743. The zero-order valence-corrected chi connectivity index (χ0v) is 13.1. The summed E-state index contributed by atoms with van der Waals surface area (Å²) in [6, 6.07) is 11.9. The van der Waals surface area contributed by atoms with Crippen LogP contribution < -0.4 is 10.6 Å². The predicted octanol–water partition coefficient (Wildman–Crippen LogP) is 3.96. The molecule has 0 aliphatic rings. The molecule has 2 aromatic carbocycles.